The Morgan fingerprint density at radius 2 is 1.84 bits per heavy atom. The Morgan fingerprint density at radius 3 is 2.52 bits per heavy atom. The van der Waals surface area contributed by atoms with Crippen LogP contribution < -0.4 is 4.90 Å². The number of benzene rings is 2. The third-order valence-electron chi connectivity index (χ3n) is 5.43. The van der Waals surface area contributed by atoms with E-state index in [1.165, 1.54) is 12.1 Å². The summed E-state index contributed by atoms with van der Waals surface area (Å²) in [5, 5.41) is 0. The minimum absolute atomic E-state index is 0.0114. The summed E-state index contributed by atoms with van der Waals surface area (Å²) in [6.07, 6.45) is -0.278. The van der Waals surface area contributed by atoms with Crippen LogP contribution in [0.2, 0.25) is 0 Å². The molecule has 0 bridgehead atoms. The summed E-state index contributed by atoms with van der Waals surface area (Å²) < 4.78 is 21.1. The molecule has 164 valence electrons. The molecule has 1 aromatic heterocycles. The fraction of sp³-hybridized carbons (Fsp3) is 0.417. The fourth-order valence-corrected chi connectivity index (χ4v) is 3.96. The summed E-state index contributed by atoms with van der Waals surface area (Å²) in [7, 11) is 0. The van der Waals surface area contributed by atoms with E-state index in [0.29, 0.717) is 26.2 Å². The van der Waals surface area contributed by atoms with Crippen molar-refractivity contribution in [3.05, 3.63) is 59.9 Å². The molecular formula is C24H29FN4O2. The molecule has 0 unspecified atom stereocenters. The SMILES string of the molecule is C[C@H]1CN(c2nc3ccccc3n2Cc2ccc(F)cc2)CCN1C(=O)OC(C)(C)C. The van der Waals surface area contributed by atoms with Crippen LogP contribution in [0.25, 0.3) is 11.0 Å². The predicted octanol–water partition coefficient (Wildman–Crippen LogP) is 4.67. The van der Waals surface area contributed by atoms with E-state index in [1.807, 2.05) is 45.9 Å². The lowest BCUT2D eigenvalue weighted by Crippen LogP contribution is -2.55. The largest absolute Gasteiger partial charge is 0.444 e. The molecule has 1 atom stereocenters. The minimum Gasteiger partial charge on any atom is -0.444 e. The molecule has 1 aliphatic heterocycles. The number of rotatable bonds is 3. The molecule has 31 heavy (non-hydrogen) atoms. The molecule has 0 saturated carbocycles. The summed E-state index contributed by atoms with van der Waals surface area (Å²) in [6, 6.07) is 14.6. The average Bonchev–Trinajstić information content (AvgIpc) is 3.07. The van der Waals surface area contributed by atoms with Crippen LogP contribution in [0.1, 0.15) is 33.3 Å². The number of carbonyl (C=O) groups excluding carboxylic acids is 1. The van der Waals surface area contributed by atoms with E-state index in [2.05, 4.69) is 15.5 Å². The van der Waals surface area contributed by atoms with Crippen molar-refractivity contribution in [3.8, 4) is 0 Å². The zero-order chi connectivity index (χ0) is 22.2. The molecule has 1 aliphatic rings. The van der Waals surface area contributed by atoms with Gasteiger partial charge in [0.15, 0.2) is 0 Å². The van der Waals surface area contributed by atoms with Crippen LogP contribution in [-0.2, 0) is 11.3 Å². The lowest BCUT2D eigenvalue weighted by Gasteiger charge is -2.40. The summed E-state index contributed by atoms with van der Waals surface area (Å²) in [4.78, 5) is 21.5. The standard InChI is InChI=1S/C24H29FN4O2/c1-17-15-27(13-14-28(17)23(30)31-24(2,3)4)22-26-20-7-5-6-8-21(20)29(22)16-18-9-11-19(25)12-10-18/h5-12,17H,13-16H2,1-4H3/t17-/m0/s1. The second-order valence-electron chi connectivity index (χ2n) is 9.08. The second-order valence-corrected chi connectivity index (χ2v) is 9.08. The van der Waals surface area contributed by atoms with Gasteiger partial charge in [-0.05, 0) is 57.5 Å². The van der Waals surface area contributed by atoms with E-state index >= 15 is 0 Å². The summed E-state index contributed by atoms with van der Waals surface area (Å²) >= 11 is 0. The number of hydrogen-bond donors (Lipinski definition) is 0. The number of nitrogens with zero attached hydrogens (tertiary/aromatic N) is 4. The Kier molecular flexibility index (Phi) is 5.60. The molecule has 7 heteroatoms. The summed E-state index contributed by atoms with van der Waals surface area (Å²) in [5.74, 6) is 0.618. The van der Waals surface area contributed by atoms with Gasteiger partial charge in [-0.25, -0.2) is 14.2 Å². The molecule has 0 N–H and O–H groups in total. The van der Waals surface area contributed by atoms with Gasteiger partial charge < -0.3 is 19.1 Å². The van der Waals surface area contributed by atoms with Crippen LogP contribution in [0, 0.1) is 5.82 Å². The maximum atomic E-state index is 13.4. The zero-order valence-electron chi connectivity index (χ0n) is 18.5. The summed E-state index contributed by atoms with van der Waals surface area (Å²) in [6.45, 7) is 10.1. The van der Waals surface area contributed by atoms with Gasteiger partial charge >= 0.3 is 6.09 Å². The first-order chi connectivity index (χ1) is 14.7. The Hall–Kier alpha value is -3.09. The van der Waals surface area contributed by atoms with Crippen LogP contribution >= 0.6 is 0 Å². The maximum Gasteiger partial charge on any atom is 0.410 e. The zero-order valence-corrected chi connectivity index (χ0v) is 18.5. The lowest BCUT2D eigenvalue weighted by atomic mass is 10.2. The number of anilines is 1. The van der Waals surface area contributed by atoms with E-state index in [0.717, 1.165) is 22.5 Å². The molecule has 1 amide bonds. The van der Waals surface area contributed by atoms with E-state index < -0.39 is 5.60 Å². The van der Waals surface area contributed by atoms with Crippen molar-refractivity contribution < 1.29 is 13.9 Å². The number of amides is 1. The van der Waals surface area contributed by atoms with Crippen LogP contribution in [0.5, 0.6) is 0 Å². The van der Waals surface area contributed by atoms with Gasteiger partial charge in [0.05, 0.1) is 17.6 Å². The Bertz CT molecular complexity index is 1070. The van der Waals surface area contributed by atoms with Gasteiger partial charge in [0.25, 0.3) is 0 Å². The number of ether oxygens (including phenoxy) is 1. The quantitative estimate of drug-likeness (QED) is 0.613. The van der Waals surface area contributed by atoms with Crippen LogP contribution in [0.4, 0.5) is 15.1 Å². The predicted molar refractivity (Wildman–Crippen MR) is 120 cm³/mol. The third kappa shape index (κ3) is 4.65. The van der Waals surface area contributed by atoms with Gasteiger partial charge in [0, 0.05) is 25.7 Å². The smallest absolute Gasteiger partial charge is 0.410 e. The normalized spacial score (nSPS) is 17.3. The molecule has 1 fully saturated rings. The fourth-order valence-electron chi connectivity index (χ4n) is 3.96. The van der Waals surface area contributed by atoms with Crippen molar-refractivity contribution >= 4 is 23.1 Å². The van der Waals surface area contributed by atoms with Crippen LogP contribution in [0.15, 0.2) is 48.5 Å². The molecular weight excluding hydrogens is 395 g/mol. The third-order valence-corrected chi connectivity index (χ3v) is 5.43. The molecule has 4 rings (SSSR count). The summed E-state index contributed by atoms with van der Waals surface area (Å²) in [5.41, 5.74) is 2.44. The van der Waals surface area contributed by atoms with Gasteiger partial charge in [-0.1, -0.05) is 24.3 Å². The molecule has 0 aliphatic carbocycles. The van der Waals surface area contributed by atoms with Crippen molar-refractivity contribution in [1.82, 2.24) is 14.5 Å². The van der Waals surface area contributed by atoms with Crippen molar-refractivity contribution in [1.29, 1.82) is 0 Å². The average molecular weight is 425 g/mol. The lowest BCUT2D eigenvalue weighted by molar-refractivity contribution is 0.0158. The van der Waals surface area contributed by atoms with E-state index in [9.17, 15) is 9.18 Å². The maximum absolute atomic E-state index is 13.4. The number of carbonyl (C=O) groups is 1. The van der Waals surface area contributed by atoms with Gasteiger partial charge in [-0.2, -0.15) is 0 Å². The number of para-hydroxylation sites is 2. The number of hydrogen-bond acceptors (Lipinski definition) is 4. The highest BCUT2D eigenvalue weighted by Gasteiger charge is 2.32. The van der Waals surface area contributed by atoms with Crippen LogP contribution in [0.3, 0.4) is 0 Å². The highest BCUT2D eigenvalue weighted by Crippen LogP contribution is 2.26. The molecule has 3 aromatic rings. The Labute approximate surface area is 182 Å². The van der Waals surface area contributed by atoms with E-state index in [1.54, 1.807) is 17.0 Å². The first-order valence-electron chi connectivity index (χ1n) is 10.7. The number of aromatic nitrogens is 2. The molecule has 6 nitrogen and oxygen atoms in total. The van der Waals surface area contributed by atoms with Crippen molar-refractivity contribution in [2.75, 3.05) is 24.5 Å². The Morgan fingerprint density at radius 1 is 1.13 bits per heavy atom. The van der Waals surface area contributed by atoms with Crippen LogP contribution in [-0.4, -0.2) is 51.8 Å². The molecule has 2 aromatic carbocycles. The number of halogens is 1. The molecule has 2 heterocycles. The van der Waals surface area contributed by atoms with Gasteiger partial charge in [0.2, 0.25) is 5.95 Å². The van der Waals surface area contributed by atoms with Gasteiger partial charge in [-0.15, -0.1) is 0 Å². The van der Waals surface area contributed by atoms with Crippen molar-refractivity contribution in [2.45, 2.75) is 45.9 Å². The topological polar surface area (TPSA) is 50.6 Å². The highest BCUT2D eigenvalue weighted by molar-refractivity contribution is 5.79. The Balaban J connectivity index is 1.60. The first kappa shape index (κ1) is 21.2. The molecule has 1 saturated heterocycles. The highest BCUT2D eigenvalue weighted by atomic mass is 19.1. The van der Waals surface area contributed by atoms with Gasteiger partial charge in [0.1, 0.15) is 11.4 Å². The number of imidazole rings is 1. The first-order valence-corrected chi connectivity index (χ1v) is 10.7. The molecule has 0 radical (unpaired) electrons. The minimum atomic E-state index is -0.517. The van der Waals surface area contributed by atoms with Crippen molar-refractivity contribution in [2.24, 2.45) is 0 Å². The number of fused-ring (bicyclic) bond motifs is 1. The molecule has 0 spiro atoms. The monoisotopic (exact) mass is 424 g/mol. The van der Waals surface area contributed by atoms with E-state index in [4.69, 9.17) is 9.72 Å². The van der Waals surface area contributed by atoms with E-state index in [-0.39, 0.29) is 18.0 Å². The van der Waals surface area contributed by atoms with Gasteiger partial charge in [-0.3, -0.25) is 0 Å². The number of piperazine rings is 1. The second kappa shape index (κ2) is 8.21. The van der Waals surface area contributed by atoms with Crippen molar-refractivity contribution in [3.63, 3.8) is 0 Å².